The minimum atomic E-state index is -1.11. The maximum absolute atomic E-state index is 12.2. The van der Waals surface area contributed by atoms with Gasteiger partial charge in [-0.05, 0) is 33.6 Å². The summed E-state index contributed by atoms with van der Waals surface area (Å²) in [7, 11) is 0. The van der Waals surface area contributed by atoms with Gasteiger partial charge in [0.2, 0.25) is 5.76 Å². The molecule has 1 amide bonds. The topological polar surface area (TPSA) is 102 Å². The summed E-state index contributed by atoms with van der Waals surface area (Å²) in [6, 6.07) is 0.541. The van der Waals surface area contributed by atoms with E-state index in [4.69, 9.17) is 9.26 Å². The van der Waals surface area contributed by atoms with E-state index in [1.165, 1.54) is 0 Å². The fourth-order valence-electron chi connectivity index (χ4n) is 2.26. The van der Waals surface area contributed by atoms with Crippen LogP contribution in [0.4, 0.5) is 0 Å². The van der Waals surface area contributed by atoms with Crippen LogP contribution in [0.1, 0.15) is 76.0 Å². The zero-order valence-corrected chi connectivity index (χ0v) is 15.1. The van der Waals surface area contributed by atoms with E-state index < -0.39 is 17.9 Å². The number of nitrogens with zero attached hydrogens (tertiary/aromatic N) is 1. The van der Waals surface area contributed by atoms with Crippen LogP contribution >= 0.6 is 0 Å². The number of carboxylic acid groups (broad SMARTS) is 1. The van der Waals surface area contributed by atoms with Gasteiger partial charge in [0, 0.05) is 25.0 Å². The number of carboxylic acids is 1. The van der Waals surface area contributed by atoms with Gasteiger partial charge in [0.25, 0.3) is 5.91 Å². The maximum atomic E-state index is 12.2. The number of hydrogen-bond acceptors (Lipinski definition) is 5. The molecule has 2 N–H and O–H groups in total. The summed E-state index contributed by atoms with van der Waals surface area (Å²) in [6.45, 7) is 9.96. The van der Waals surface area contributed by atoms with E-state index in [0.29, 0.717) is 5.69 Å². The molecular weight excluding hydrogens is 312 g/mol. The summed E-state index contributed by atoms with van der Waals surface area (Å²) in [5.74, 6) is -1.44. The lowest BCUT2D eigenvalue weighted by atomic mass is 9.99. The third-order valence-electron chi connectivity index (χ3n) is 3.70. The molecule has 0 aliphatic carbocycles. The second-order valence-corrected chi connectivity index (χ2v) is 6.74. The molecule has 7 nitrogen and oxygen atoms in total. The van der Waals surface area contributed by atoms with Crippen LogP contribution < -0.4 is 5.32 Å². The summed E-state index contributed by atoms with van der Waals surface area (Å²) in [6.07, 6.45) is 1.96. The summed E-state index contributed by atoms with van der Waals surface area (Å²) in [4.78, 5) is 23.5. The molecule has 7 heteroatoms. The number of carbonyl (C=O) groups is 2. The Balaban J connectivity index is 2.67. The molecule has 0 fully saturated rings. The van der Waals surface area contributed by atoms with Crippen molar-refractivity contribution in [3.8, 4) is 0 Å². The van der Waals surface area contributed by atoms with Gasteiger partial charge < -0.3 is 19.7 Å². The molecule has 0 radical (unpaired) electrons. The lowest BCUT2D eigenvalue weighted by Crippen LogP contribution is -2.41. The van der Waals surface area contributed by atoms with Crippen molar-refractivity contribution in [1.82, 2.24) is 10.5 Å². The predicted octanol–water partition coefficient (Wildman–Crippen LogP) is 2.97. The third-order valence-corrected chi connectivity index (χ3v) is 3.70. The van der Waals surface area contributed by atoms with Crippen molar-refractivity contribution in [2.75, 3.05) is 6.61 Å². The first-order valence-corrected chi connectivity index (χ1v) is 8.32. The summed E-state index contributed by atoms with van der Waals surface area (Å²) >= 11 is 0. The molecule has 0 aliphatic rings. The highest BCUT2D eigenvalue weighted by atomic mass is 16.5. The standard InChI is InChI=1S/C17H28N2O5/c1-6-11(7-2)13-10-14(24-19-13)15(20)18-12(16(21)22)8-9-23-17(3,4)5/h10-12H,6-9H2,1-5H3,(H,18,20)(H,21,22). The van der Waals surface area contributed by atoms with Crippen LogP contribution in [0.3, 0.4) is 0 Å². The van der Waals surface area contributed by atoms with E-state index in [9.17, 15) is 14.7 Å². The average molecular weight is 340 g/mol. The van der Waals surface area contributed by atoms with Gasteiger partial charge in [-0.25, -0.2) is 4.79 Å². The minimum Gasteiger partial charge on any atom is -0.480 e. The van der Waals surface area contributed by atoms with Gasteiger partial charge in [-0.3, -0.25) is 4.79 Å². The second kappa shape index (κ2) is 8.82. The van der Waals surface area contributed by atoms with Gasteiger partial charge in [-0.2, -0.15) is 0 Å². The molecule has 0 saturated heterocycles. The van der Waals surface area contributed by atoms with Gasteiger partial charge in [0.15, 0.2) is 0 Å². The molecule has 0 saturated carbocycles. The maximum Gasteiger partial charge on any atom is 0.326 e. The predicted molar refractivity (Wildman–Crippen MR) is 89.0 cm³/mol. The number of nitrogens with one attached hydrogen (secondary N) is 1. The molecule has 0 aliphatic heterocycles. The zero-order chi connectivity index (χ0) is 18.3. The first-order chi connectivity index (χ1) is 11.2. The molecule has 0 spiro atoms. The van der Waals surface area contributed by atoms with E-state index in [1.54, 1.807) is 6.07 Å². The Hall–Kier alpha value is -1.89. The van der Waals surface area contributed by atoms with E-state index in [-0.39, 0.29) is 30.3 Å². The van der Waals surface area contributed by atoms with Crippen molar-refractivity contribution in [3.05, 3.63) is 17.5 Å². The number of carbonyl (C=O) groups excluding carboxylic acids is 1. The number of hydrogen-bond donors (Lipinski definition) is 2. The molecule has 1 heterocycles. The average Bonchev–Trinajstić information content (AvgIpc) is 2.96. The van der Waals surface area contributed by atoms with Gasteiger partial charge in [0.1, 0.15) is 6.04 Å². The van der Waals surface area contributed by atoms with Crippen LogP contribution in [0, 0.1) is 0 Å². The van der Waals surface area contributed by atoms with Gasteiger partial charge in [-0.15, -0.1) is 0 Å². The Morgan fingerprint density at radius 3 is 2.46 bits per heavy atom. The van der Waals surface area contributed by atoms with Crippen LogP contribution in [0.2, 0.25) is 0 Å². The first-order valence-electron chi connectivity index (χ1n) is 8.32. The molecular formula is C17H28N2O5. The second-order valence-electron chi connectivity index (χ2n) is 6.74. The van der Waals surface area contributed by atoms with Gasteiger partial charge >= 0.3 is 5.97 Å². The number of rotatable bonds is 9. The molecule has 1 aromatic heterocycles. The van der Waals surface area contributed by atoms with Crippen molar-refractivity contribution in [1.29, 1.82) is 0 Å². The summed E-state index contributed by atoms with van der Waals surface area (Å²) in [5, 5.41) is 15.6. The molecule has 0 aromatic carbocycles. The Kier molecular flexibility index (Phi) is 7.41. The van der Waals surface area contributed by atoms with Gasteiger partial charge in [-0.1, -0.05) is 19.0 Å². The van der Waals surface area contributed by atoms with Crippen molar-refractivity contribution in [2.24, 2.45) is 0 Å². The van der Waals surface area contributed by atoms with E-state index in [2.05, 4.69) is 10.5 Å². The highest BCUT2D eigenvalue weighted by Crippen LogP contribution is 2.22. The van der Waals surface area contributed by atoms with Crippen molar-refractivity contribution < 1.29 is 24.0 Å². The van der Waals surface area contributed by atoms with Crippen molar-refractivity contribution in [2.45, 2.75) is 71.4 Å². The van der Waals surface area contributed by atoms with E-state index in [1.807, 2.05) is 34.6 Å². The Morgan fingerprint density at radius 2 is 1.96 bits per heavy atom. The fourth-order valence-corrected chi connectivity index (χ4v) is 2.26. The largest absolute Gasteiger partial charge is 0.480 e. The van der Waals surface area contributed by atoms with Crippen LogP contribution in [0.25, 0.3) is 0 Å². The lowest BCUT2D eigenvalue weighted by molar-refractivity contribution is -0.140. The number of aromatic nitrogens is 1. The highest BCUT2D eigenvalue weighted by molar-refractivity contribution is 5.94. The van der Waals surface area contributed by atoms with Crippen LogP contribution in [-0.4, -0.2) is 40.4 Å². The molecule has 1 unspecified atom stereocenters. The third kappa shape index (κ3) is 6.31. The molecule has 136 valence electrons. The van der Waals surface area contributed by atoms with Crippen molar-refractivity contribution >= 4 is 11.9 Å². The summed E-state index contributed by atoms with van der Waals surface area (Å²) < 4.78 is 10.6. The quantitative estimate of drug-likeness (QED) is 0.716. The summed E-state index contributed by atoms with van der Waals surface area (Å²) in [5.41, 5.74) is 0.357. The molecule has 1 rings (SSSR count). The number of aliphatic carboxylic acids is 1. The van der Waals surface area contributed by atoms with E-state index in [0.717, 1.165) is 12.8 Å². The smallest absolute Gasteiger partial charge is 0.326 e. The molecule has 1 atom stereocenters. The highest BCUT2D eigenvalue weighted by Gasteiger charge is 2.24. The Labute approximate surface area is 142 Å². The van der Waals surface area contributed by atoms with Crippen LogP contribution in [0.5, 0.6) is 0 Å². The normalized spacial score (nSPS) is 13.1. The molecule has 1 aromatic rings. The minimum absolute atomic E-state index is 0.0277. The van der Waals surface area contributed by atoms with Gasteiger partial charge in [0.05, 0.1) is 11.3 Å². The van der Waals surface area contributed by atoms with Crippen LogP contribution in [0.15, 0.2) is 10.6 Å². The van der Waals surface area contributed by atoms with E-state index >= 15 is 0 Å². The monoisotopic (exact) mass is 340 g/mol. The first kappa shape index (κ1) is 20.2. The Morgan fingerprint density at radius 1 is 1.33 bits per heavy atom. The zero-order valence-electron chi connectivity index (χ0n) is 15.1. The van der Waals surface area contributed by atoms with Crippen LogP contribution in [-0.2, 0) is 9.53 Å². The molecule has 24 heavy (non-hydrogen) atoms. The number of ether oxygens (including phenoxy) is 1. The lowest BCUT2D eigenvalue weighted by Gasteiger charge is -2.21. The number of amides is 1. The SMILES string of the molecule is CCC(CC)c1cc(C(=O)NC(CCOC(C)(C)C)C(=O)O)on1. The Bertz CT molecular complexity index is 543. The molecule has 0 bridgehead atoms. The van der Waals surface area contributed by atoms with Crippen molar-refractivity contribution in [3.63, 3.8) is 0 Å². The fraction of sp³-hybridized carbons (Fsp3) is 0.706.